The molecule has 0 aromatic heterocycles. The maximum absolute atomic E-state index is 13.2. The van der Waals surface area contributed by atoms with Crippen molar-refractivity contribution in [1.29, 1.82) is 0 Å². The molecule has 162 valence electrons. The van der Waals surface area contributed by atoms with Crippen molar-refractivity contribution < 1.29 is 9.59 Å². The summed E-state index contributed by atoms with van der Waals surface area (Å²) in [6.45, 7) is 6.85. The minimum Gasteiger partial charge on any atom is -0.324 e. The van der Waals surface area contributed by atoms with Gasteiger partial charge in [0.2, 0.25) is 11.8 Å². The van der Waals surface area contributed by atoms with E-state index in [0.29, 0.717) is 18.7 Å². The summed E-state index contributed by atoms with van der Waals surface area (Å²) in [5.74, 6) is 0.00120. The Morgan fingerprint density at radius 2 is 1.68 bits per heavy atom. The van der Waals surface area contributed by atoms with Gasteiger partial charge in [0.15, 0.2) is 0 Å². The summed E-state index contributed by atoms with van der Waals surface area (Å²) in [6, 6.07) is 17.7. The molecule has 2 aliphatic heterocycles. The largest absolute Gasteiger partial charge is 0.324 e. The molecule has 2 aromatic rings. The zero-order valence-electron chi connectivity index (χ0n) is 18.0. The number of benzene rings is 2. The first kappa shape index (κ1) is 21.3. The van der Waals surface area contributed by atoms with Crippen LogP contribution in [0.1, 0.15) is 18.9 Å². The van der Waals surface area contributed by atoms with Crippen molar-refractivity contribution in [3.05, 3.63) is 66.2 Å². The summed E-state index contributed by atoms with van der Waals surface area (Å²) in [6.07, 6.45) is 4.67. The van der Waals surface area contributed by atoms with Crippen LogP contribution in [0.15, 0.2) is 60.7 Å². The Bertz CT molecular complexity index is 936. The lowest BCUT2D eigenvalue weighted by molar-refractivity contribution is -0.120. The molecule has 2 heterocycles. The topological polar surface area (TPSA) is 55.9 Å². The maximum Gasteiger partial charge on any atom is 0.241 e. The van der Waals surface area contributed by atoms with Gasteiger partial charge in [-0.3, -0.25) is 19.4 Å². The van der Waals surface area contributed by atoms with Crippen LogP contribution in [0.4, 0.5) is 11.4 Å². The molecule has 1 fully saturated rings. The zero-order valence-corrected chi connectivity index (χ0v) is 18.0. The number of anilines is 2. The average Bonchev–Trinajstić information content (AvgIpc) is 2.90. The van der Waals surface area contributed by atoms with Crippen molar-refractivity contribution in [1.82, 2.24) is 9.80 Å². The zero-order chi connectivity index (χ0) is 21.6. The number of carbonyl (C=O) groups is 2. The molecule has 31 heavy (non-hydrogen) atoms. The monoisotopic (exact) mass is 418 g/mol. The number of piperazine rings is 1. The van der Waals surface area contributed by atoms with Crippen LogP contribution in [-0.2, 0) is 9.59 Å². The number of rotatable bonds is 5. The van der Waals surface area contributed by atoms with Gasteiger partial charge in [0.1, 0.15) is 0 Å². The molecule has 4 rings (SSSR count). The molecule has 1 atom stereocenters. The predicted molar refractivity (Wildman–Crippen MR) is 125 cm³/mol. The molecular weight excluding hydrogens is 388 g/mol. The normalized spacial score (nSPS) is 20.4. The first-order chi connectivity index (χ1) is 15.1. The number of hydrogen-bond donors (Lipinski definition) is 1. The number of nitrogens with zero attached hydrogens (tertiary/aromatic N) is 3. The molecule has 0 spiro atoms. The van der Waals surface area contributed by atoms with Crippen molar-refractivity contribution in [3.8, 4) is 0 Å². The summed E-state index contributed by atoms with van der Waals surface area (Å²) in [5.41, 5.74) is 2.71. The van der Waals surface area contributed by atoms with Crippen LogP contribution in [0.2, 0.25) is 0 Å². The van der Waals surface area contributed by atoms with Crippen molar-refractivity contribution in [2.45, 2.75) is 19.4 Å². The van der Waals surface area contributed by atoms with E-state index in [4.69, 9.17) is 0 Å². The van der Waals surface area contributed by atoms with E-state index in [9.17, 15) is 9.59 Å². The van der Waals surface area contributed by atoms with E-state index in [0.717, 1.165) is 38.4 Å². The van der Waals surface area contributed by atoms with Crippen molar-refractivity contribution in [2.24, 2.45) is 0 Å². The summed E-state index contributed by atoms with van der Waals surface area (Å²) in [4.78, 5) is 31.8. The van der Waals surface area contributed by atoms with Gasteiger partial charge in [-0.15, -0.1) is 0 Å². The molecule has 1 N–H and O–H groups in total. The second-order valence-electron chi connectivity index (χ2n) is 8.27. The quantitative estimate of drug-likeness (QED) is 0.811. The van der Waals surface area contributed by atoms with Gasteiger partial charge in [-0.05, 0) is 24.6 Å². The van der Waals surface area contributed by atoms with E-state index < -0.39 is 0 Å². The first-order valence-electron chi connectivity index (χ1n) is 11.0. The van der Waals surface area contributed by atoms with Gasteiger partial charge in [-0.25, -0.2) is 0 Å². The van der Waals surface area contributed by atoms with Gasteiger partial charge >= 0.3 is 0 Å². The molecule has 2 amide bonds. The Balaban J connectivity index is 1.32. The van der Waals surface area contributed by atoms with Crippen LogP contribution in [0.25, 0.3) is 6.08 Å². The van der Waals surface area contributed by atoms with Crippen LogP contribution < -0.4 is 10.2 Å². The number of nitrogens with one attached hydrogen (secondary N) is 1. The Hall–Kier alpha value is -2.96. The van der Waals surface area contributed by atoms with Crippen LogP contribution in [0.5, 0.6) is 0 Å². The smallest absolute Gasteiger partial charge is 0.241 e. The Kier molecular flexibility index (Phi) is 6.79. The molecule has 1 saturated heterocycles. The number of carbonyl (C=O) groups excluding carboxylic acids is 2. The van der Waals surface area contributed by atoms with E-state index in [1.807, 2.05) is 49.4 Å². The second-order valence-corrected chi connectivity index (χ2v) is 8.27. The van der Waals surface area contributed by atoms with E-state index in [-0.39, 0.29) is 17.9 Å². The average molecular weight is 419 g/mol. The lowest BCUT2D eigenvalue weighted by atomic mass is 10.1. The highest BCUT2D eigenvalue weighted by atomic mass is 16.2. The molecule has 0 unspecified atom stereocenters. The number of para-hydroxylation sites is 2. The van der Waals surface area contributed by atoms with Crippen LogP contribution in [0.3, 0.4) is 0 Å². The lowest BCUT2D eigenvalue weighted by Gasteiger charge is -2.36. The van der Waals surface area contributed by atoms with Gasteiger partial charge in [-0.1, -0.05) is 54.6 Å². The summed E-state index contributed by atoms with van der Waals surface area (Å²) >= 11 is 0. The minimum absolute atomic E-state index is 0.0487. The van der Waals surface area contributed by atoms with Gasteiger partial charge in [0.05, 0.1) is 17.9 Å². The maximum atomic E-state index is 13.2. The summed E-state index contributed by atoms with van der Waals surface area (Å²) in [7, 11) is 0. The van der Waals surface area contributed by atoms with Gasteiger partial charge in [0.25, 0.3) is 0 Å². The van der Waals surface area contributed by atoms with E-state index >= 15 is 0 Å². The SMILES string of the molecule is C[C@@H]1CC(=O)Nc2ccccc2N1C(=O)CN1CCN(C/C=C/c2ccccc2)CC1. The van der Waals surface area contributed by atoms with Gasteiger partial charge in [0, 0.05) is 45.2 Å². The molecule has 6 heteroatoms. The van der Waals surface area contributed by atoms with Crippen LogP contribution >= 0.6 is 0 Å². The highest BCUT2D eigenvalue weighted by Gasteiger charge is 2.30. The third kappa shape index (κ3) is 5.40. The van der Waals surface area contributed by atoms with E-state index in [1.54, 1.807) is 4.90 Å². The molecular formula is C25H30N4O2. The molecule has 0 bridgehead atoms. The van der Waals surface area contributed by atoms with Crippen LogP contribution in [0, 0.1) is 0 Å². The molecule has 2 aromatic carbocycles. The fraction of sp³-hybridized carbons (Fsp3) is 0.360. The molecule has 0 aliphatic carbocycles. The van der Waals surface area contributed by atoms with Gasteiger partial charge in [-0.2, -0.15) is 0 Å². The molecule has 6 nitrogen and oxygen atoms in total. The van der Waals surface area contributed by atoms with Crippen molar-refractivity contribution >= 4 is 29.3 Å². The third-order valence-electron chi connectivity index (χ3n) is 5.93. The fourth-order valence-corrected chi connectivity index (χ4v) is 4.27. The Morgan fingerprint density at radius 1 is 1.00 bits per heavy atom. The summed E-state index contributed by atoms with van der Waals surface area (Å²) in [5, 5.41) is 2.92. The van der Waals surface area contributed by atoms with Crippen molar-refractivity contribution in [3.63, 3.8) is 0 Å². The Labute approximate surface area is 184 Å². The molecule has 0 radical (unpaired) electrons. The Morgan fingerprint density at radius 3 is 2.45 bits per heavy atom. The fourth-order valence-electron chi connectivity index (χ4n) is 4.27. The second kappa shape index (κ2) is 9.90. The highest BCUT2D eigenvalue weighted by Crippen LogP contribution is 2.31. The number of amides is 2. The number of hydrogen-bond acceptors (Lipinski definition) is 4. The van der Waals surface area contributed by atoms with Crippen LogP contribution in [-0.4, -0.2) is 66.9 Å². The molecule has 0 saturated carbocycles. The highest BCUT2D eigenvalue weighted by molar-refractivity contribution is 6.04. The van der Waals surface area contributed by atoms with Crippen molar-refractivity contribution in [2.75, 3.05) is 49.5 Å². The van der Waals surface area contributed by atoms with Gasteiger partial charge < -0.3 is 10.2 Å². The first-order valence-corrected chi connectivity index (χ1v) is 11.0. The minimum atomic E-state index is -0.166. The number of fused-ring (bicyclic) bond motifs is 1. The predicted octanol–water partition coefficient (Wildman–Crippen LogP) is 3.08. The van der Waals surface area contributed by atoms with E-state index in [1.165, 1.54) is 5.56 Å². The lowest BCUT2D eigenvalue weighted by Crippen LogP contribution is -2.51. The van der Waals surface area contributed by atoms with E-state index in [2.05, 4.69) is 39.4 Å². The molecule has 2 aliphatic rings. The standard InChI is InChI=1S/C25H30N4O2/c1-20-18-24(30)26-22-11-5-6-12-23(22)29(20)25(31)19-28-16-14-27(15-17-28)13-7-10-21-8-3-2-4-9-21/h2-12,20H,13-19H2,1H3,(H,26,30)/b10-7+/t20-/m1/s1. The third-order valence-corrected chi connectivity index (χ3v) is 5.93. The summed E-state index contributed by atoms with van der Waals surface area (Å²) < 4.78 is 0.